The number of carboxylic acids is 1. The van der Waals surface area contributed by atoms with E-state index in [4.69, 9.17) is 28.3 Å². The third kappa shape index (κ3) is 4.49. The molecule has 4 nitrogen and oxygen atoms in total. The van der Waals surface area contributed by atoms with Crippen molar-refractivity contribution in [2.24, 2.45) is 0 Å². The molecular weight excluding hydrogens is 325 g/mol. The molecular formula is C16H17Cl2NO3. The number of hydrogen-bond donors (Lipinski definition) is 2. The Balaban J connectivity index is 1.96. The minimum atomic E-state index is -0.994. The number of aliphatic carboxylic acids is 1. The van der Waals surface area contributed by atoms with Gasteiger partial charge in [0.25, 0.3) is 0 Å². The van der Waals surface area contributed by atoms with Crippen LogP contribution in [0, 0.1) is 0 Å². The third-order valence-electron chi connectivity index (χ3n) is 3.62. The summed E-state index contributed by atoms with van der Waals surface area (Å²) in [6.45, 7) is 0.409. The highest BCUT2D eigenvalue weighted by Crippen LogP contribution is 2.25. The van der Waals surface area contributed by atoms with Gasteiger partial charge in [-0.1, -0.05) is 23.2 Å². The number of carbonyl (C=O) groups excluding carboxylic acids is 1. The van der Waals surface area contributed by atoms with E-state index in [0.29, 0.717) is 41.4 Å². The molecule has 0 atom stereocenters. The fourth-order valence-electron chi connectivity index (χ4n) is 2.57. The van der Waals surface area contributed by atoms with Gasteiger partial charge in [0.1, 0.15) is 0 Å². The van der Waals surface area contributed by atoms with E-state index in [2.05, 4.69) is 5.32 Å². The summed E-state index contributed by atoms with van der Waals surface area (Å²) in [5.41, 5.74) is 1.58. The Labute approximate surface area is 139 Å². The van der Waals surface area contributed by atoms with Gasteiger partial charge in [-0.05, 0) is 55.9 Å². The molecule has 1 amide bonds. The minimum absolute atomic E-state index is 0.245. The molecule has 2 N–H and O–H groups in total. The third-order valence-corrected chi connectivity index (χ3v) is 4.06. The first kappa shape index (κ1) is 16.8. The molecule has 0 aromatic heterocycles. The van der Waals surface area contributed by atoms with Gasteiger partial charge in [-0.15, -0.1) is 0 Å². The molecule has 0 heterocycles. The maximum atomic E-state index is 12.2. The lowest BCUT2D eigenvalue weighted by Gasteiger charge is -2.17. The maximum absolute atomic E-state index is 12.2. The summed E-state index contributed by atoms with van der Waals surface area (Å²) >= 11 is 11.8. The predicted octanol–water partition coefficient (Wildman–Crippen LogP) is 3.61. The fraction of sp³-hybridized carbons (Fsp3) is 0.375. The van der Waals surface area contributed by atoms with Gasteiger partial charge >= 0.3 is 5.97 Å². The molecule has 1 aromatic rings. The Morgan fingerprint density at radius 1 is 1.05 bits per heavy atom. The summed E-state index contributed by atoms with van der Waals surface area (Å²) < 4.78 is 0. The molecule has 0 saturated heterocycles. The average molecular weight is 342 g/mol. The van der Waals surface area contributed by atoms with Crippen molar-refractivity contribution >= 4 is 35.1 Å². The molecule has 1 aliphatic carbocycles. The number of hydrogen-bond acceptors (Lipinski definition) is 2. The standard InChI is InChI=1S/C16H17Cl2NO3/c17-11-7-10(8-12(18)9-11)5-6-19-15(20)13-3-1-2-4-14(13)16(21)22/h7-9H,1-6H2,(H,19,20)(H,21,22). The molecule has 118 valence electrons. The fourth-order valence-corrected chi connectivity index (χ4v) is 3.15. The van der Waals surface area contributed by atoms with Crippen molar-refractivity contribution in [3.8, 4) is 0 Å². The van der Waals surface area contributed by atoms with Crippen molar-refractivity contribution in [3.63, 3.8) is 0 Å². The second-order valence-corrected chi connectivity index (χ2v) is 6.13. The number of nitrogens with one attached hydrogen (secondary N) is 1. The molecule has 0 saturated carbocycles. The molecule has 0 unspecified atom stereocenters. The second-order valence-electron chi connectivity index (χ2n) is 5.25. The van der Waals surface area contributed by atoms with E-state index in [-0.39, 0.29) is 11.5 Å². The van der Waals surface area contributed by atoms with Gasteiger partial charge in [0.05, 0.1) is 0 Å². The summed E-state index contributed by atoms with van der Waals surface area (Å²) in [5.74, 6) is -1.28. The zero-order chi connectivity index (χ0) is 16.1. The van der Waals surface area contributed by atoms with Gasteiger partial charge in [0.15, 0.2) is 0 Å². The Morgan fingerprint density at radius 2 is 1.64 bits per heavy atom. The van der Waals surface area contributed by atoms with Crippen LogP contribution >= 0.6 is 23.2 Å². The Kier molecular flexibility index (Phi) is 5.86. The Hall–Kier alpha value is -1.52. The Bertz CT molecular complexity index is 606. The molecule has 0 spiro atoms. The SMILES string of the molecule is O=C(O)C1=C(C(=O)NCCc2cc(Cl)cc(Cl)c2)CCCC1. The van der Waals surface area contributed by atoms with Gasteiger partial charge in [0.2, 0.25) is 5.91 Å². The highest BCUT2D eigenvalue weighted by Gasteiger charge is 2.23. The molecule has 0 radical (unpaired) electrons. The normalized spacial score (nSPS) is 14.8. The first-order valence-corrected chi connectivity index (χ1v) is 7.91. The van der Waals surface area contributed by atoms with Crippen LogP contribution in [0.5, 0.6) is 0 Å². The highest BCUT2D eigenvalue weighted by atomic mass is 35.5. The van der Waals surface area contributed by atoms with E-state index in [1.54, 1.807) is 18.2 Å². The van der Waals surface area contributed by atoms with Gasteiger partial charge in [-0.2, -0.15) is 0 Å². The number of carboxylic acid groups (broad SMARTS) is 1. The smallest absolute Gasteiger partial charge is 0.332 e. The van der Waals surface area contributed by atoms with E-state index in [1.807, 2.05) is 0 Å². The zero-order valence-corrected chi connectivity index (χ0v) is 13.5. The first-order valence-electron chi connectivity index (χ1n) is 7.16. The second kappa shape index (κ2) is 7.65. The van der Waals surface area contributed by atoms with Crippen LogP contribution in [0.3, 0.4) is 0 Å². The van der Waals surface area contributed by atoms with Crippen molar-refractivity contribution in [1.29, 1.82) is 0 Å². The highest BCUT2D eigenvalue weighted by molar-refractivity contribution is 6.34. The quantitative estimate of drug-likeness (QED) is 0.859. The van der Waals surface area contributed by atoms with Crippen LogP contribution in [0.15, 0.2) is 29.3 Å². The predicted molar refractivity (Wildman–Crippen MR) is 86.3 cm³/mol. The van der Waals surface area contributed by atoms with Gasteiger partial charge in [-0.3, -0.25) is 4.79 Å². The molecule has 6 heteroatoms. The van der Waals surface area contributed by atoms with Crippen molar-refractivity contribution in [3.05, 3.63) is 45.0 Å². The van der Waals surface area contributed by atoms with Crippen LogP contribution in [0.2, 0.25) is 10.0 Å². The molecule has 22 heavy (non-hydrogen) atoms. The summed E-state index contributed by atoms with van der Waals surface area (Å²) in [7, 11) is 0. The molecule has 0 bridgehead atoms. The molecule has 0 aliphatic heterocycles. The monoisotopic (exact) mass is 341 g/mol. The van der Waals surface area contributed by atoms with E-state index in [1.165, 1.54) is 0 Å². The molecule has 1 aliphatic rings. The van der Waals surface area contributed by atoms with E-state index < -0.39 is 5.97 Å². The summed E-state index contributed by atoms with van der Waals surface area (Å²) in [6.07, 6.45) is 3.24. The summed E-state index contributed by atoms with van der Waals surface area (Å²) in [4.78, 5) is 23.3. The van der Waals surface area contributed by atoms with Crippen molar-refractivity contribution in [2.45, 2.75) is 32.1 Å². The maximum Gasteiger partial charge on any atom is 0.332 e. The van der Waals surface area contributed by atoms with Gasteiger partial charge < -0.3 is 10.4 Å². The number of halogens is 2. The van der Waals surface area contributed by atoms with E-state index >= 15 is 0 Å². The van der Waals surface area contributed by atoms with Crippen molar-refractivity contribution in [1.82, 2.24) is 5.32 Å². The zero-order valence-electron chi connectivity index (χ0n) is 12.0. The van der Waals surface area contributed by atoms with Crippen LogP contribution in [0.4, 0.5) is 0 Å². The van der Waals surface area contributed by atoms with Crippen molar-refractivity contribution in [2.75, 3.05) is 6.54 Å². The van der Waals surface area contributed by atoms with E-state index in [0.717, 1.165) is 18.4 Å². The van der Waals surface area contributed by atoms with Gasteiger partial charge in [0, 0.05) is 27.7 Å². The number of carbonyl (C=O) groups is 2. The number of rotatable bonds is 5. The van der Waals surface area contributed by atoms with Gasteiger partial charge in [-0.25, -0.2) is 4.79 Å². The number of amides is 1. The summed E-state index contributed by atoms with van der Waals surface area (Å²) in [6, 6.07) is 5.24. The minimum Gasteiger partial charge on any atom is -0.478 e. The van der Waals surface area contributed by atoms with Crippen LogP contribution in [-0.2, 0) is 16.0 Å². The van der Waals surface area contributed by atoms with Crippen LogP contribution < -0.4 is 5.32 Å². The molecule has 2 rings (SSSR count). The lowest BCUT2D eigenvalue weighted by atomic mass is 9.91. The molecule has 0 fully saturated rings. The van der Waals surface area contributed by atoms with Crippen LogP contribution in [-0.4, -0.2) is 23.5 Å². The first-order chi connectivity index (χ1) is 10.5. The lowest BCUT2D eigenvalue weighted by molar-refractivity contribution is -0.133. The van der Waals surface area contributed by atoms with E-state index in [9.17, 15) is 9.59 Å². The topological polar surface area (TPSA) is 66.4 Å². The van der Waals surface area contributed by atoms with Crippen LogP contribution in [0.1, 0.15) is 31.2 Å². The van der Waals surface area contributed by atoms with Crippen molar-refractivity contribution < 1.29 is 14.7 Å². The largest absolute Gasteiger partial charge is 0.478 e. The summed E-state index contributed by atoms with van der Waals surface area (Å²) in [5, 5.41) is 13.0. The average Bonchev–Trinajstić information content (AvgIpc) is 2.46. The Morgan fingerprint density at radius 3 is 2.23 bits per heavy atom. The van der Waals surface area contributed by atoms with Crippen LogP contribution in [0.25, 0.3) is 0 Å². The molecule has 1 aromatic carbocycles. The number of benzene rings is 1. The lowest BCUT2D eigenvalue weighted by Crippen LogP contribution is -2.30.